The second kappa shape index (κ2) is 4.12. The highest BCUT2D eigenvalue weighted by Crippen LogP contribution is 2.37. The van der Waals surface area contributed by atoms with E-state index in [2.05, 4.69) is 11.8 Å². The van der Waals surface area contributed by atoms with E-state index in [1.165, 1.54) is 25.7 Å². The zero-order valence-electron chi connectivity index (χ0n) is 9.65. The molecule has 2 fully saturated rings. The molecule has 2 rings (SSSR count). The maximum Gasteiger partial charge on any atom is 0.307 e. The van der Waals surface area contributed by atoms with Crippen molar-refractivity contribution < 1.29 is 9.90 Å². The first-order valence-electron chi connectivity index (χ1n) is 6.08. The van der Waals surface area contributed by atoms with Gasteiger partial charge in [0, 0.05) is 18.6 Å². The van der Waals surface area contributed by atoms with Gasteiger partial charge in [0.05, 0.1) is 5.92 Å². The van der Waals surface area contributed by atoms with Gasteiger partial charge in [0.1, 0.15) is 0 Å². The van der Waals surface area contributed by atoms with Crippen LogP contribution in [0.25, 0.3) is 0 Å². The van der Waals surface area contributed by atoms with Crippen LogP contribution in [0.1, 0.15) is 39.5 Å². The van der Waals surface area contributed by atoms with Gasteiger partial charge in [-0.25, -0.2) is 0 Å². The third-order valence-electron chi connectivity index (χ3n) is 3.82. The van der Waals surface area contributed by atoms with Crippen molar-refractivity contribution in [1.82, 2.24) is 4.90 Å². The van der Waals surface area contributed by atoms with E-state index in [1.54, 1.807) is 0 Å². The summed E-state index contributed by atoms with van der Waals surface area (Å²) in [5.41, 5.74) is 0. The first-order chi connectivity index (χ1) is 7.09. The highest BCUT2D eigenvalue weighted by molar-refractivity contribution is 5.70. The van der Waals surface area contributed by atoms with Gasteiger partial charge >= 0.3 is 5.97 Å². The van der Waals surface area contributed by atoms with E-state index in [-0.39, 0.29) is 12.0 Å². The topological polar surface area (TPSA) is 40.5 Å². The fraction of sp³-hybridized carbons (Fsp3) is 0.917. The second-order valence-electron chi connectivity index (χ2n) is 5.24. The van der Waals surface area contributed by atoms with E-state index in [0.29, 0.717) is 6.04 Å². The van der Waals surface area contributed by atoms with Gasteiger partial charge in [0.2, 0.25) is 0 Å². The lowest BCUT2D eigenvalue weighted by Crippen LogP contribution is -2.43. The predicted octanol–water partition coefficient (Wildman–Crippen LogP) is 1.97. The van der Waals surface area contributed by atoms with Crippen LogP contribution in [0.5, 0.6) is 0 Å². The molecular weight excluding hydrogens is 190 g/mol. The molecule has 0 bridgehead atoms. The maximum absolute atomic E-state index is 11.0. The SMILES string of the molecule is CC(C(=O)O)C(C)N(CC1CC1)C1CC1. The van der Waals surface area contributed by atoms with E-state index in [0.717, 1.165) is 12.5 Å². The highest BCUT2D eigenvalue weighted by Gasteiger charge is 2.38. The number of carboxylic acids is 1. The van der Waals surface area contributed by atoms with Crippen molar-refractivity contribution in [2.75, 3.05) is 6.54 Å². The molecule has 15 heavy (non-hydrogen) atoms. The van der Waals surface area contributed by atoms with Gasteiger partial charge in [-0.2, -0.15) is 0 Å². The molecule has 0 spiro atoms. The molecule has 0 heterocycles. The molecule has 2 saturated carbocycles. The van der Waals surface area contributed by atoms with E-state index in [9.17, 15) is 4.79 Å². The second-order valence-corrected chi connectivity index (χ2v) is 5.24. The number of rotatable bonds is 6. The summed E-state index contributed by atoms with van der Waals surface area (Å²) >= 11 is 0. The standard InChI is InChI=1S/C12H21NO2/c1-8(12(14)15)9(2)13(11-5-6-11)7-10-3-4-10/h8-11H,3-7H2,1-2H3,(H,14,15). The minimum Gasteiger partial charge on any atom is -0.481 e. The van der Waals surface area contributed by atoms with Crippen molar-refractivity contribution in [3.8, 4) is 0 Å². The molecule has 86 valence electrons. The average molecular weight is 211 g/mol. The quantitative estimate of drug-likeness (QED) is 0.730. The first kappa shape index (κ1) is 10.9. The normalized spacial score (nSPS) is 25.3. The molecule has 0 amide bonds. The lowest BCUT2D eigenvalue weighted by molar-refractivity contribution is -0.143. The maximum atomic E-state index is 11.0. The molecular formula is C12H21NO2. The number of carbonyl (C=O) groups is 1. The third kappa shape index (κ3) is 2.71. The first-order valence-corrected chi connectivity index (χ1v) is 6.08. The Kier molecular flexibility index (Phi) is 3.01. The van der Waals surface area contributed by atoms with Gasteiger partial charge < -0.3 is 5.11 Å². The van der Waals surface area contributed by atoms with Crippen molar-refractivity contribution in [3.63, 3.8) is 0 Å². The van der Waals surface area contributed by atoms with E-state index in [4.69, 9.17) is 5.11 Å². The Morgan fingerprint density at radius 2 is 1.93 bits per heavy atom. The van der Waals surface area contributed by atoms with Crippen molar-refractivity contribution in [2.45, 2.75) is 51.6 Å². The van der Waals surface area contributed by atoms with Crippen molar-refractivity contribution in [3.05, 3.63) is 0 Å². The Morgan fingerprint density at radius 3 is 2.33 bits per heavy atom. The van der Waals surface area contributed by atoms with Gasteiger partial charge in [0.15, 0.2) is 0 Å². The summed E-state index contributed by atoms with van der Waals surface area (Å²) in [4.78, 5) is 13.4. The molecule has 2 unspecified atom stereocenters. The molecule has 0 aromatic rings. The molecule has 0 aromatic carbocycles. The van der Waals surface area contributed by atoms with E-state index >= 15 is 0 Å². The molecule has 0 aliphatic heterocycles. The van der Waals surface area contributed by atoms with Crippen LogP contribution >= 0.6 is 0 Å². The van der Waals surface area contributed by atoms with E-state index in [1.807, 2.05) is 6.92 Å². The molecule has 0 aromatic heterocycles. The Balaban J connectivity index is 1.92. The lowest BCUT2D eigenvalue weighted by atomic mass is 10.0. The van der Waals surface area contributed by atoms with Gasteiger partial charge in [-0.15, -0.1) is 0 Å². The average Bonchev–Trinajstić information content (AvgIpc) is 3.00. The third-order valence-corrected chi connectivity index (χ3v) is 3.82. The van der Waals surface area contributed by atoms with Crippen molar-refractivity contribution in [1.29, 1.82) is 0 Å². The Bertz CT molecular complexity index is 246. The molecule has 3 heteroatoms. The summed E-state index contributed by atoms with van der Waals surface area (Å²) in [6, 6.07) is 0.873. The Hall–Kier alpha value is -0.570. The highest BCUT2D eigenvalue weighted by atomic mass is 16.4. The van der Waals surface area contributed by atoms with Crippen molar-refractivity contribution >= 4 is 5.97 Å². The summed E-state index contributed by atoms with van der Waals surface area (Å²) in [6.45, 7) is 5.03. The van der Waals surface area contributed by atoms with Crippen LogP contribution in [0.4, 0.5) is 0 Å². The monoisotopic (exact) mass is 211 g/mol. The van der Waals surface area contributed by atoms with E-state index < -0.39 is 5.97 Å². The van der Waals surface area contributed by atoms with Crippen LogP contribution in [-0.4, -0.2) is 34.6 Å². The van der Waals surface area contributed by atoms with Gasteiger partial charge in [-0.05, 0) is 38.5 Å². The number of aliphatic carboxylic acids is 1. The zero-order valence-corrected chi connectivity index (χ0v) is 9.65. The molecule has 2 aliphatic rings. The van der Waals surface area contributed by atoms with Crippen LogP contribution < -0.4 is 0 Å². The smallest absolute Gasteiger partial charge is 0.307 e. The van der Waals surface area contributed by atoms with Crippen LogP contribution in [0.15, 0.2) is 0 Å². The predicted molar refractivity (Wildman–Crippen MR) is 58.7 cm³/mol. The number of hydrogen-bond donors (Lipinski definition) is 1. The fourth-order valence-corrected chi connectivity index (χ4v) is 2.15. The molecule has 3 nitrogen and oxygen atoms in total. The largest absolute Gasteiger partial charge is 0.481 e. The zero-order chi connectivity index (χ0) is 11.0. The van der Waals surface area contributed by atoms with Crippen LogP contribution in [0, 0.1) is 11.8 Å². The summed E-state index contributed by atoms with van der Waals surface area (Å²) in [7, 11) is 0. The fourth-order valence-electron chi connectivity index (χ4n) is 2.15. The molecule has 0 saturated heterocycles. The molecule has 0 radical (unpaired) electrons. The molecule has 2 aliphatic carbocycles. The van der Waals surface area contributed by atoms with Crippen LogP contribution in [0.2, 0.25) is 0 Å². The molecule has 1 N–H and O–H groups in total. The number of nitrogens with zero attached hydrogens (tertiary/aromatic N) is 1. The number of hydrogen-bond acceptors (Lipinski definition) is 2. The van der Waals surface area contributed by atoms with Crippen molar-refractivity contribution in [2.24, 2.45) is 11.8 Å². The minimum absolute atomic E-state index is 0.190. The molecule has 2 atom stereocenters. The Morgan fingerprint density at radius 1 is 1.33 bits per heavy atom. The lowest BCUT2D eigenvalue weighted by Gasteiger charge is -2.31. The Labute approximate surface area is 91.5 Å². The summed E-state index contributed by atoms with van der Waals surface area (Å²) < 4.78 is 0. The summed E-state index contributed by atoms with van der Waals surface area (Å²) in [6.07, 6.45) is 5.22. The minimum atomic E-state index is -0.663. The summed E-state index contributed by atoms with van der Waals surface area (Å²) in [5, 5.41) is 9.03. The van der Waals surface area contributed by atoms with Gasteiger partial charge in [-0.3, -0.25) is 9.69 Å². The van der Waals surface area contributed by atoms with Crippen LogP contribution in [0.3, 0.4) is 0 Å². The number of carboxylic acid groups (broad SMARTS) is 1. The van der Waals surface area contributed by atoms with Crippen LogP contribution in [-0.2, 0) is 4.79 Å². The van der Waals surface area contributed by atoms with Gasteiger partial charge in [-0.1, -0.05) is 6.92 Å². The van der Waals surface area contributed by atoms with Gasteiger partial charge in [0.25, 0.3) is 0 Å². The summed E-state index contributed by atoms with van der Waals surface area (Å²) in [5.74, 6) is -0.0534.